The molecule has 0 aliphatic rings. The minimum atomic E-state index is 0.666. The van der Waals surface area contributed by atoms with Crippen molar-refractivity contribution in [3.05, 3.63) is 59.7 Å². The number of aryl methyl sites for hydroxylation is 2. The number of unbranched alkanes of at least 4 members (excludes halogenated alkanes) is 1. The smallest absolute Gasteiger partial charge is 0.170 e. The summed E-state index contributed by atoms with van der Waals surface area (Å²) < 4.78 is 5.66. The summed E-state index contributed by atoms with van der Waals surface area (Å²) in [6, 6.07) is 16.2. The van der Waals surface area contributed by atoms with Crippen LogP contribution < -0.4 is 15.4 Å². The molecule has 4 heteroatoms. The fourth-order valence-electron chi connectivity index (χ4n) is 2.36. The third kappa shape index (κ3) is 6.70. The number of para-hydroxylation sites is 1. The summed E-state index contributed by atoms with van der Waals surface area (Å²) in [7, 11) is 0. The Hall–Kier alpha value is -2.07. The molecule has 0 bridgehead atoms. The zero-order chi connectivity index (χ0) is 16.5. The van der Waals surface area contributed by atoms with E-state index in [1.54, 1.807) is 0 Å². The molecule has 0 unspecified atom stereocenters. The van der Waals surface area contributed by atoms with Crippen LogP contribution in [0.2, 0.25) is 0 Å². The maximum absolute atomic E-state index is 5.66. The number of hydrogen-bond donors (Lipinski definition) is 2. The van der Waals surface area contributed by atoms with Gasteiger partial charge in [0.1, 0.15) is 5.75 Å². The second kappa shape index (κ2) is 9.16. The van der Waals surface area contributed by atoms with Gasteiger partial charge in [0.15, 0.2) is 5.11 Å². The predicted octanol–water partition coefficient (Wildman–Crippen LogP) is 4.45. The van der Waals surface area contributed by atoms with Gasteiger partial charge in [-0.1, -0.05) is 24.3 Å². The molecule has 2 N–H and O–H groups in total. The van der Waals surface area contributed by atoms with Crippen LogP contribution in [-0.4, -0.2) is 18.3 Å². The summed E-state index contributed by atoms with van der Waals surface area (Å²) in [5.41, 5.74) is 3.49. The Morgan fingerprint density at radius 1 is 1.00 bits per heavy atom. The average molecular weight is 328 g/mol. The Bertz CT molecular complexity index is 608. The third-order valence-corrected chi connectivity index (χ3v) is 3.59. The maximum atomic E-state index is 5.66. The summed E-state index contributed by atoms with van der Waals surface area (Å²) >= 11 is 5.32. The molecule has 2 aromatic rings. The minimum absolute atomic E-state index is 0.666. The van der Waals surface area contributed by atoms with Crippen LogP contribution in [0.1, 0.15) is 24.0 Å². The normalized spacial score (nSPS) is 10.2. The molecule has 0 amide bonds. The van der Waals surface area contributed by atoms with Crippen LogP contribution in [0.5, 0.6) is 5.75 Å². The topological polar surface area (TPSA) is 33.3 Å². The third-order valence-electron chi connectivity index (χ3n) is 3.35. The number of rotatable bonds is 7. The first-order valence-corrected chi connectivity index (χ1v) is 8.35. The molecule has 2 rings (SSSR count). The van der Waals surface area contributed by atoms with Crippen LogP contribution in [0.4, 0.5) is 5.69 Å². The Morgan fingerprint density at radius 3 is 2.39 bits per heavy atom. The zero-order valence-corrected chi connectivity index (χ0v) is 14.6. The number of benzene rings is 2. The van der Waals surface area contributed by atoms with Gasteiger partial charge in [-0.15, -0.1) is 0 Å². The molecule has 0 radical (unpaired) electrons. The molecule has 0 aliphatic carbocycles. The molecule has 122 valence electrons. The Kier molecular flexibility index (Phi) is 6.88. The zero-order valence-electron chi connectivity index (χ0n) is 13.8. The molecule has 23 heavy (non-hydrogen) atoms. The number of nitrogens with one attached hydrogen (secondary N) is 2. The van der Waals surface area contributed by atoms with E-state index in [0.29, 0.717) is 5.11 Å². The van der Waals surface area contributed by atoms with E-state index in [0.717, 1.165) is 37.4 Å². The highest BCUT2D eigenvalue weighted by atomic mass is 32.1. The predicted molar refractivity (Wildman–Crippen MR) is 101 cm³/mol. The van der Waals surface area contributed by atoms with Gasteiger partial charge in [-0.2, -0.15) is 0 Å². The van der Waals surface area contributed by atoms with Crippen molar-refractivity contribution in [1.82, 2.24) is 5.32 Å². The highest BCUT2D eigenvalue weighted by Gasteiger charge is 1.99. The highest BCUT2D eigenvalue weighted by molar-refractivity contribution is 7.80. The van der Waals surface area contributed by atoms with Gasteiger partial charge in [0, 0.05) is 12.2 Å². The van der Waals surface area contributed by atoms with Gasteiger partial charge in [0.05, 0.1) is 6.61 Å². The Labute approximate surface area is 144 Å². The van der Waals surface area contributed by atoms with Crippen LogP contribution in [0.15, 0.2) is 48.5 Å². The lowest BCUT2D eigenvalue weighted by molar-refractivity contribution is 0.307. The fraction of sp³-hybridized carbons (Fsp3) is 0.316. The molecule has 0 aliphatic heterocycles. The van der Waals surface area contributed by atoms with E-state index in [1.807, 2.05) is 30.3 Å². The maximum Gasteiger partial charge on any atom is 0.170 e. The summed E-state index contributed by atoms with van der Waals surface area (Å²) in [4.78, 5) is 0. The first-order valence-electron chi connectivity index (χ1n) is 7.94. The summed E-state index contributed by atoms with van der Waals surface area (Å²) in [6.07, 6.45) is 2.01. The SMILES string of the molecule is Cc1cc(C)cc(NC(=S)NCCCCOc2ccccc2)c1. The van der Waals surface area contributed by atoms with E-state index < -0.39 is 0 Å². The van der Waals surface area contributed by atoms with Gasteiger partial charge in [0.25, 0.3) is 0 Å². The van der Waals surface area contributed by atoms with Gasteiger partial charge >= 0.3 is 0 Å². The van der Waals surface area contributed by atoms with E-state index in [9.17, 15) is 0 Å². The standard InChI is InChI=1S/C19H24N2OS/c1-15-12-16(2)14-17(13-15)21-19(23)20-10-6-7-11-22-18-8-4-3-5-9-18/h3-5,8-9,12-14H,6-7,10-11H2,1-2H3,(H2,20,21,23). The van der Waals surface area contributed by atoms with Crippen molar-refractivity contribution in [2.45, 2.75) is 26.7 Å². The second-order valence-electron chi connectivity index (χ2n) is 5.63. The van der Waals surface area contributed by atoms with Crippen molar-refractivity contribution >= 4 is 23.0 Å². The molecule has 2 aromatic carbocycles. The fourth-order valence-corrected chi connectivity index (χ4v) is 2.58. The van der Waals surface area contributed by atoms with Gasteiger partial charge in [-0.25, -0.2) is 0 Å². The second-order valence-corrected chi connectivity index (χ2v) is 6.03. The Balaban J connectivity index is 1.59. The summed E-state index contributed by atoms with van der Waals surface area (Å²) in [6.45, 7) is 5.74. The molecule has 0 saturated carbocycles. The van der Waals surface area contributed by atoms with Crippen molar-refractivity contribution in [3.63, 3.8) is 0 Å². The largest absolute Gasteiger partial charge is 0.494 e. The highest BCUT2D eigenvalue weighted by Crippen LogP contribution is 2.13. The molecular weight excluding hydrogens is 304 g/mol. The molecule has 0 aromatic heterocycles. The summed E-state index contributed by atoms with van der Waals surface area (Å²) in [5.74, 6) is 0.924. The van der Waals surface area contributed by atoms with E-state index in [4.69, 9.17) is 17.0 Å². The van der Waals surface area contributed by atoms with E-state index in [-0.39, 0.29) is 0 Å². The van der Waals surface area contributed by atoms with Crippen molar-refractivity contribution in [2.75, 3.05) is 18.5 Å². The van der Waals surface area contributed by atoms with Crippen molar-refractivity contribution in [3.8, 4) is 5.75 Å². The van der Waals surface area contributed by atoms with E-state index in [1.165, 1.54) is 11.1 Å². The quantitative estimate of drug-likeness (QED) is 0.581. The van der Waals surface area contributed by atoms with Gasteiger partial charge in [-0.3, -0.25) is 0 Å². The van der Waals surface area contributed by atoms with Gasteiger partial charge in [0.2, 0.25) is 0 Å². The number of hydrogen-bond acceptors (Lipinski definition) is 2. The van der Waals surface area contributed by atoms with Crippen LogP contribution >= 0.6 is 12.2 Å². The number of thiocarbonyl (C=S) groups is 1. The molecule has 3 nitrogen and oxygen atoms in total. The minimum Gasteiger partial charge on any atom is -0.494 e. The van der Waals surface area contributed by atoms with Crippen molar-refractivity contribution in [1.29, 1.82) is 0 Å². The number of anilines is 1. The average Bonchev–Trinajstić information content (AvgIpc) is 2.50. The first kappa shape index (κ1) is 17.3. The molecule has 0 fully saturated rings. The molecule has 0 saturated heterocycles. The molecule has 0 spiro atoms. The lowest BCUT2D eigenvalue weighted by Crippen LogP contribution is -2.29. The lowest BCUT2D eigenvalue weighted by Gasteiger charge is -2.12. The van der Waals surface area contributed by atoms with Crippen LogP contribution in [0.25, 0.3) is 0 Å². The van der Waals surface area contributed by atoms with E-state index >= 15 is 0 Å². The van der Waals surface area contributed by atoms with Crippen molar-refractivity contribution < 1.29 is 4.74 Å². The van der Waals surface area contributed by atoms with Gasteiger partial charge in [-0.05, 0) is 74.3 Å². The van der Waals surface area contributed by atoms with Gasteiger partial charge < -0.3 is 15.4 Å². The molecular formula is C19H24N2OS. The summed E-state index contributed by atoms with van der Waals surface area (Å²) in [5, 5.41) is 7.13. The lowest BCUT2D eigenvalue weighted by atomic mass is 10.1. The van der Waals surface area contributed by atoms with Crippen molar-refractivity contribution in [2.24, 2.45) is 0 Å². The molecule has 0 heterocycles. The number of ether oxygens (including phenoxy) is 1. The monoisotopic (exact) mass is 328 g/mol. The van der Waals surface area contributed by atoms with Crippen LogP contribution in [0.3, 0.4) is 0 Å². The van der Waals surface area contributed by atoms with E-state index in [2.05, 4.69) is 42.7 Å². The Morgan fingerprint density at radius 2 is 1.70 bits per heavy atom. The first-order chi connectivity index (χ1) is 11.1. The molecule has 0 atom stereocenters. The van der Waals surface area contributed by atoms with Crippen LogP contribution in [0, 0.1) is 13.8 Å². The van der Waals surface area contributed by atoms with Crippen LogP contribution in [-0.2, 0) is 0 Å².